The van der Waals surface area contributed by atoms with Crippen LogP contribution in [0.3, 0.4) is 0 Å². The maximum atomic E-state index is 12.4. The van der Waals surface area contributed by atoms with Crippen LogP contribution in [-0.2, 0) is 4.74 Å². The van der Waals surface area contributed by atoms with Crippen molar-refractivity contribution in [1.29, 1.82) is 0 Å². The van der Waals surface area contributed by atoms with Gasteiger partial charge in [0.2, 0.25) is 11.8 Å². The van der Waals surface area contributed by atoms with Crippen LogP contribution in [0.5, 0.6) is 23.5 Å². The molecule has 0 saturated carbocycles. The predicted molar refractivity (Wildman–Crippen MR) is 91.8 cm³/mol. The van der Waals surface area contributed by atoms with E-state index in [0.717, 1.165) is 0 Å². The van der Waals surface area contributed by atoms with E-state index in [9.17, 15) is 4.79 Å². The van der Waals surface area contributed by atoms with Gasteiger partial charge in [-0.2, -0.15) is 9.97 Å². The number of hydrogen-bond acceptors (Lipinski definition) is 7. The Morgan fingerprint density at radius 2 is 1.80 bits per heavy atom. The molecule has 134 valence electrons. The average molecular weight is 367 g/mol. The zero-order valence-corrected chi connectivity index (χ0v) is 15.2. The highest BCUT2D eigenvalue weighted by Gasteiger charge is 2.20. The summed E-state index contributed by atoms with van der Waals surface area (Å²) < 4.78 is 21.0. The van der Waals surface area contributed by atoms with Gasteiger partial charge in [-0.25, -0.2) is 4.79 Å². The lowest BCUT2D eigenvalue weighted by Gasteiger charge is -2.13. The molecular weight excluding hydrogens is 348 g/mol. The first-order chi connectivity index (χ1) is 11.9. The Bertz CT molecular complexity index is 730. The van der Waals surface area contributed by atoms with Crippen molar-refractivity contribution in [3.8, 4) is 23.5 Å². The summed E-state index contributed by atoms with van der Waals surface area (Å²) >= 11 is 6.15. The third kappa shape index (κ3) is 4.96. The molecule has 0 fully saturated rings. The smallest absolute Gasteiger partial charge is 0.343 e. The molecular formula is C17H19ClN2O5. The van der Waals surface area contributed by atoms with Crippen LogP contribution >= 0.6 is 11.6 Å². The second kappa shape index (κ2) is 8.53. The zero-order chi connectivity index (χ0) is 18.4. The minimum Gasteiger partial charge on any atom is -0.481 e. The minimum atomic E-state index is -0.579. The number of carbonyl (C=O) groups is 1. The molecule has 0 atom stereocenters. The van der Waals surface area contributed by atoms with E-state index in [1.54, 1.807) is 18.2 Å². The van der Waals surface area contributed by atoms with Crippen molar-refractivity contribution in [3.05, 3.63) is 34.9 Å². The number of esters is 1. The maximum Gasteiger partial charge on any atom is 0.343 e. The third-order valence-electron chi connectivity index (χ3n) is 3.01. The van der Waals surface area contributed by atoms with Gasteiger partial charge in [0.1, 0.15) is 11.3 Å². The van der Waals surface area contributed by atoms with E-state index in [2.05, 4.69) is 9.97 Å². The van der Waals surface area contributed by atoms with E-state index in [4.69, 9.17) is 30.5 Å². The summed E-state index contributed by atoms with van der Waals surface area (Å²) in [5.74, 6) is 0.308. The highest BCUT2D eigenvalue weighted by molar-refractivity contribution is 6.34. The molecule has 0 spiro atoms. The molecule has 0 aliphatic rings. The van der Waals surface area contributed by atoms with Crippen LogP contribution in [0.2, 0.25) is 5.02 Å². The number of hydrogen-bond donors (Lipinski definition) is 0. The topological polar surface area (TPSA) is 79.8 Å². The molecule has 0 radical (unpaired) electrons. The van der Waals surface area contributed by atoms with Crippen LogP contribution in [0, 0.1) is 5.92 Å². The highest BCUT2D eigenvalue weighted by atomic mass is 35.5. The minimum absolute atomic E-state index is 0.0450. The molecule has 0 aliphatic heterocycles. The molecule has 0 unspecified atom stereocenters. The summed E-state index contributed by atoms with van der Waals surface area (Å²) in [6.45, 7) is 4.15. The highest BCUT2D eigenvalue weighted by Crippen LogP contribution is 2.31. The van der Waals surface area contributed by atoms with Crippen LogP contribution in [0.1, 0.15) is 24.2 Å². The molecule has 8 heteroatoms. The number of ether oxygens (including phenoxy) is 4. The zero-order valence-electron chi connectivity index (χ0n) is 14.4. The van der Waals surface area contributed by atoms with Gasteiger partial charge >= 0.3 is 12.0 Å². The fraction of sp³-hybridized carbons (Fsp3) is 0.353. The molecule has 0 N–H and O–H groups in total. The lowest BCUT2D eigenvalue weighted by molar-refractivity contribution is 0.0456. The molecule has 1 aromatic carbocycles. The Morgan fingerprint density at radius 3 is 2.36 bits per heavy atom. The molecule has 2 aromatic rings. The summed E-state index contributed by atoms with van der Waals surface area (Å²) in [5.41, 5.74) is 0.107. The van der Waals surface area contributed by atoms with Gasteiger partial charge in [-0.3, -0.25) is 0 Å². The second-order valence-electron chi connectivity index (χ2n) is 5.44. The molecule has 25 heavy (non-hydrogen) atoms. The molecule has 7 nitrogen and oxygen atoms in total. The fourth-order valence-electron chi connectivity index (χ4n) is 1.84. The van der Waals surface area contributed by atoms with Gasteiger partial charge in [-0.1, -0.05) is 31.5 Å². The molecule has 0 amide bonds. The molecule has 0 saturated heterocycles. The third-order valence-corrected chi connectivity index (χ3v) is 3.32. The van der Waals surface area contributed by atoms with Gasteiger partial charge < -0.3 is 18.9 Å². The number of halogens is 1. The number of benzene rings is 1. The molecule has 1 aromatic heterocycles. The first-order valence-electron chi connectivity index (χ1n) is 7.55. The number of aromatic nitrogens is 2. The molecule has 0 bridgehead atoms. The van der Waals surface area contributed by atoms with E-state index in [-0.39, 0.29) is 46.6 Å². The number of rotatable bonds is 7. The summed E-state index contributed by atoms with van der Waals surface area (Å²) in [6, 6.07) is 6.26. The quantitative estimate of drug-likeness (QED) is 0.690. The van der Waals surface area contributed by atoms with Gasteiger partial charge in [-0.15, -0.1) is 0 Å². The molecule has 2 rings (SSSR count). The van der Waals surface area contributed by atoms with Gasteiger partial charge in [0.15, 0.2) is 0 Å². The van der Waals surface area contributed by atoms with Crippen LogP contribution in [0.25, 0.3) is 0 Å². The Morgan fingerprint density at radius 1 is 1.16 bits per heavy atom. The first-order valence-corrected chi connectivity index (χ1v) is 7.93. The van der Waals surface area contributed by atoms with E-state index in [1.165, 1.54) is 20.3 Å². The number of nitrogens with zero attached hydrogens (tertiary/aromatic N) is 2. The van der Waals surface area contributed by atoms with E-state index >= 15 is 0 Å². The molecule has 1 heterocycles. The van der Waals surface area contributed by atoms with Gasteiger partial charge in [0.05, 0.1) is 31.9 Å². The van der Waals surface area contributed by atoms with Gasteiger partial charge in [0, 0.05) is 0 Å². The fourth-order valence-corrected chi connectivity index (χ4v) is 2.08. The number of carbonyl (C=O) groups excluding carboxylic acids is 1. The van der Waals surface area contributed by atoms with E-state index in [1.807, 2.05) is 13.8 Å². The van der Waals surface area contributed by atoms with Crippen LogP contribution in [-0.4, -0.2) is 36.8 Å². The van der Waals surface area contributed by atoms with Crippen molar-refractivity contribution in [2.75, 3.05) is 20.8 Å². The van der Waals surface area contributed by atoms with Crippen molar-refractivity contribution in [3.63, 3.8) is 0 Å². The summed E-state index contributed by atoms with van der Waals surface area (Å²) in [5, 5.41) is 0.209. The predicted octanol–water partition coefficient (Wildman–Crippen LogP) is 3.75. The van der Waals surface area contributed by atoms with Crippen molar-refractivity contribution in [2.24, 2.45) is 5.92 Å². The largest absolute Gasteiger partial charge is 0.481 e. The standard InChI is InChI=1S/C17H19ClN2O5/c1-10(2)9-24-16(21)15-11(18)6-5-7-12(15)25-17-19-13(22-3)8-14(20-17)23-4/h5-8,10H,9H2,1-4H3. The Hall–Kier alpha value is -2.54. The summed E-state index contributed by atoms with van der Waals surface area (Å²) in [7, 11) is 2.92. The number of methoxy groups -OCH3 is 2. The van der Waals surface area contributed by atoms with E-state index in [0.29, 0.717) is 0 Å². The van der Waals surface area contributed by atoms with Crippen molar-refractivity contribution >= 4 is 17.6 Å². The SMILES string of the molecule is COc1cc(OC)nc(Oc2cccc(Cl)c2C(=O)OCC(C)C)n1. The molecule has 0 aliphatic carbocycles. The van der Waals surface area contributed by atoms with Crippen molar-refractivity contribution in [2.45, 2.75) is 13.8 Å². The maximum absolute atomic E-state index is 12.4. The average Bonchev–Trinajstić information content (AvgIpc) is 2.59. The summed E-state index contributed by atoms with van der Waals surface area (Å²) in [4.78, 5) is 20.5. The van der Waals surface area contributed by atoms with Gasteiger partial charge in [-0.05, 0) is 18.1 Å². The van der Waals surface area contributed by atoms with Crippen LogP contribution in [0.15, 0.2) is 24.3 Å². The first kappa shape index (κ1) is 18.8. The van der Waals surface area contributed by atoms with Crippen LogP contribution < -0.4 is 14.2 Å². The Labute approximate surface area is 150 Å². The second-order valence-corrected chi connectivity index (χ2v) is 5.85. The Kier molecular flexibility index (Phi) is 6.41. The summed E-state index contributed by atoms with van der Waals surface area (Å²) in [6.07, 6.45) is 0. The Balaban J connectivity index is 2.34. The monoisotopic (exact) mass is 366 g/mol. The normalized spacial score (nSPS) is 10.5. The van der Waals surface area contributed by atoms with Crippen molar-refractivity contribution in [1.82, 2.24) is 9.97 Å². The lowest BCUT2D eigenvalue weighted by atomic mass is 10.2. The van der Waals surface area contributed by atoms with Gasteiger partial charge in [0.25, 0.3) is 0 Å². The van der Waals surface area contributed by atoms with Crippen molar-refractivity contribution < 1.29 is 23.7 Å². The van der Waals surface area contributed by atoms with Crippen LogP contribution in [0.4, 0.5) is 0 Å². The lowest BCUT2D eigenvalue weighted by Crippen LogP contribution is -2.12. The van der Waals surface area contributed by atoms with E-state index < -0.39 is 5.97 Å².